The average molecular weight is 296 g/mol. The van der Waals surface area contributed by atoms with Crippen LogP contribution in [0.25, 0.3) is 0 Å². The molecule has 3 saturated heterocycles. The third-order valence-corrected chi connectivity index (χ3v) is 4.67. The second-order valence-corrected chi connectivity index (χ2v) is 6.02. The molecule has 2 aromatic carbocycles. The van der Waals surface area contributed by atoms with E-state index < -0.39 is 18.5 Å². The van der Waals surface area contributed by atoms with Gasteiger partial charge >= 0.3 is 0 Å². The first kappa shape index (κ1) is 10.9. The molecule has 3 aliphatic rings. The number of rotatable bonds is 3. The molecule has 0 amide bonds. The van der Waals surface area contributed by atoms with E-state index in [0.29, 0.717) is 0 Å². The van der Waals surface area contributed by atoms with Crippen LogP contribution in [0.5, 0.6) is 0 Å². The molecular formula is C18H18N2O2. The molecule has 1 unspecified atom stereocenters. The molecule has 4 nitrogen and oxygen atoms in total. The number of benzene rings is 2. The Labute approximate surface area is 132 Å². The van der Waals surface area contributed by atoms with Crippen molar-refractivity contribution in [1.29, 1.82) is 0 Å². The predicted octanol–water partition coefficient (Wildman–Crippen LogP) is 1.80. The maximum Gasteiger partial charge on any atom is 0.174 e. The van der Waals surface area contributed by atoms with Crippen molar-refractivity contribution in [3.63, 3.8) is 0 Å². The molecule has 4 heteroatoms. The topological polar surface area (TPSA) is 54.4 Å². The van der Waals surface area contributed by atoms with Gasteiger partial charge in [0, 0.05) is 0 Å². The fourth-order valence-corrected chi connectivity index (χ4v) is 3.50. The molecule has 0 bridgehead atoms. The van der Waals surface area contributed by atoms with E-state index in [4.69, 9.17) is 7.48 Å². The van der Waals surface area contributed by atoms with E-state index in [-0.39, 0.29) is 18.1 Å². The molecule has 2 N–H and O–H groups in total. The van der Waals surface area contributed by atoms with Crippen LogP contribution < -0.4 is 5.32 Å². The molecule has 112 valence electrons. The monoisotopic (exact) mass is 296 g/mol. The number of hydrogen-bond acceptors (Lipinski definition) is 4. The summed E-state index contributed by atoms with van der Waals surface area (Å²) in [7, 11) is 0. The van der Waals surface area contributed by atoms with Gasteiger partial charge in [0.15, 0.2) is 6.27 Å². The highest BCUT2D eigenvalue weighted by atomic mass is 16.6. The number of nitrogens with one attached hydrogen (secondary N) is 1. The SMILES string of the molecule is [2H][C@@]1(O)O[C@]([2H])([C@H]2N[C@@H]2c2ccccc2)N2[C@H](c3ccccc3)[C@H]21. The zero-order valence-electron chi connectivity index (χ0n) is 13.9. The van der Waals surface area contributed by atoms with Gasteiger partial charge in [0.1, 0.15) is 6.20 Å². The lowest BCUT2D eigenvalue weighted by Crippen LogP contribution is -2.29. The number of aliphatic hydroxyl groups is 1. The van der Waals surface area contributed by atoms with Crippen molar-refractivity contribution >= 4 is 0 Å². The fraction of sp³-hybridized carbons (Fsp3) is 0.333. The second-order valence-electron chi connectivity index (χ2n) is 6.02. The minimum absolute atomic E-state index is 0.00951. The summed E-state index contributed by atoms with van der Waals surface area (Å²) in [5, 5.41) is 13.6. The second kappa shape index (κ2) is 4.64. The summed E-state index contributed by atoms with van der Waals surface area (Å²) >= 11 is 0. The van der Waals surface area contributed by atoms with Crippen LogP contribution in [0.4, 0.5) is 0 Å². The Morgan fingerprint density at radius 3 is 2.32 bits per heavy atom. The lowest BCUT2D eigenvalue weighted by molar-refractivity contribution is -0.118. The Balaban J connectivity index is 1.45. The van der Waals surface area contributed by atoms with Gasteiger partial charge in [0.05, 0.1) is 26.9 Å². The van der Waals surface area contributed by atoms with Crippen molar-refractivity contribution in [2.45, 2.75) is 36.6 Å². The molecule has 0 radical (unpaired) electrons. The van der Waals surface area contributed by atoms with Crippen molar-refractivity contribution in [2.24, 2.45) is 0 Å². The Kier molecular flexibility index (Phi) is 2.30. The Bertz CT molecular complexity index is 773. The largest absolute Gasteiger partial charge is 0.366 e. The minimum Gasteiger partial charge on any atom is -0.366 e. The van der Waals surface area contributed by atoms with Crippen molar-refractivity contribution in [2.75, 3.05) is 0 Å². The number of hydrogen-bond donors (Lipinski definition) is 2. The third-order valence-electron chi connectivity index (χ3n) is 4.67. The summed E-state index contributed by atoms with van der Waals surface area (Å²) in [6, 6.07) is 18.7. The smallest absolute Gasteiger partial charge is 0.174 e. The normalized spacial score (nSPS) is 50.0. The van der Waals surface area contributed by atoms with Crippen LogP contribution in [-0.4, -0.2) is 34.6 Å². The third kappa shape index (κ3) is 1.85. The predicted molar refractivity (Wildman–Crippen MR) is 81.8 cm³/mol. The van der Waals surface area contributed by atoms with Gasteiger partial charge in [-0.1, -0.05) is 60.7 Å². The Hall–Kier alpha value is -1.72. The Morgan fingerprint density at radius 2 is 1.64 bits per heavy atom. The molecule has 0 aliphatic carbocycles. The van der Waals surface area contributed by atoms with Gasteiger partial charge in [-0.15, -0.1) is 0 Å². The highest BCUT2D eigenvalue weighted by molar-refractivity contribution is 5.33. The van der Waals surface area contributed by atoms with Crippen LogP contribution in [0.1, 0.15) is 26.0 Å². The molecule has 3 aliphatic heterocycles. The number of nitrogens with zero attached hydrogens (tertiary/aromatic N) is 1. The van der Waals surface area contributed by atoms with Crippen LogP contribution in [0, 0.1) is 0 Å². The summed E-state index contributed by atoms with van der Waals surface area (Å²) in [4.78, 5) is 1.80. The molecule has 0 saturated carbocycles. The van der Waals surface area contributed by atoms with Gasteiger partial charge in [0.25, 0.3) is 0 Å². The van der Waals surface area contributed by atoms with E-state index in [0.717, 1.165) is 11.1 Å². The van der Waals surface area contributed by atoms with Crippen LogP contribution >= 0.6 is 0 Å². The van der Waals surface area contributed by atoms with Crippen molar-refractivity contribution < 1.29 is 12.6 Å². The van der Waals surface area contributed by atoms with E-state index in [9.17, 15) is 5.11 Å². The average Bonchev–Trinajstić information content (AvgIpc) is 3.46. The maximum atomic E-state index is 10.4. The first-order valence-corrected chi connectivity index (χ1v) is 7.59. The van der Waals surface area contributed by atoms with Crippen LogP contribution in [0.2, 0.25) is 0 Å². The highest BCUT2D eigenvalue weighted by Crippen LogP contribution is 2.55. The summed E-state index contributed by atoms with van der Waals surface area (Å²) in [5.41, 5.74) is 2.10. The van der Waals surface area contributed by atoms with Crippen molar-refractivity contribution in [1.82, 2.24) is 10.2 Å². The Morgan fingerprint density at radius 1 is 1.00 bits per heavy atom. The molecule has 0 spiro atoms. The summed E-state index contributed by atoms with van der Waals surface area (Å²) in [6.07, 6.45) is -3.50. The lowest BCUT2D eigenvalue weighted by Gasteiger charge is -2.17. The molecule has 7 atom stereocenters. The van der Waals surface area contributed by atoms with Crippen LogP contribution in [-0.2, 0) is 4.74 Å². The standard InChI is InChI=1S/C18H18N2O2/c21-18-16-15(12-9-5-2-6-10-12)20(16)17(22-18)14-13(19-14)11-7-3-1-4-8-11/h1-10,13-19,21H/t13-,14+,15-,16+,17-,18-,20?/m1/s1/i17D,18D. The van der Waals surface area contributed by atoms with Gasteiger partial charge in [-0.05, 0) is 11.1 Å². The molecule has 2 aromatic rings. The van der Waals surface area contributed by atoms with E-state index in [1.165, 1.54) is 0 Å². The summed E-state index contributed by atoms with van der Waals surface area (Å²) in [6.45, 7) is 0. The zero-order valence-corrected chi connectivity index (χ0v) is 11.9. The summed E-state index contributed by atoms with van der Waals surface area (Å²) < 4.78 is 22.4. The number of ether oxygens (including phenoxy) is 1. The zero-order chi connectivity index (χ0) is 16.5. The van der Waals surface area contributed by atoms with Gasteiger partial charge < -0.3 is 15.2 Å². The quantitative estimate of drug-likeness (QED) is 0.848. The van der Waals surface area contributed by atoms with Crippen LogP contribution in [0.15, 0.2) is 60.7 Å². The van der Waals surface area contributed by atoms with E-state index >= 15 is 0 Å². The molecule has 3 heterocycles. The number of fused-ring (bicyclic) bond motifs is 1. The molecular weight excluding hydrogens is 276 g/mol. The summed E-state index contributed by atoms with van der Waals surface area (Å²) in [5.74, 6) is 0. The van der Waals surface area contributed by atoms with Crippen LogP contribution in [0.3, 0.4) is 0 Å². The molecule has 5 rings (SSSR count). The van der Waals surface area contributed by atoms with Crippen molar-refractivity contribution in [3.8, 4) is 0 Å². The van der Waals surface area contributed by atoms with E-state index in [1.54, 1.807) is 4.90 Å². The fourth-order valence-electron chi connectivity index (χ4n) is 3.50. The van der Waals surface area contributed by atoms with Crippen molar-refractivity contribution in [3.05, 3.63) is 71.8 Å². The minimum atomic E-state index is -2.06. The lowest BCUT2D eigenvalue weighted by atomic mass is 10.1. The maximum absolute atomic E-state index is 10.4. The van der Waals surface area contributed by atoms with Gasteiger partial charge in [-0.2, -0.15) is 0 Å². The molecule has 3 fully saturated rings. The van der Waals surface area contributed by atoms with E-state index in [1.807, 2.05) is 60.7 Å². The van der Waals surface area contributed by atoms with Gasteiger partial charge in [0.2, 0.25) is 0 Å². The first-order valence-electron chi connectivity index (χ1n) is 8.59. The van der Waals surface area contributed by atoms with Gasteiger partial charge in [-0.3, -0.25) is 4.90 Å². The highest BCUT2D eigenvalue weighted by Gasteiger charge is 2.66. The first-order chi connectivity index (χ1) is 11.5. The molecule has 0 aromatic heterocycles. The van der Waals surface area contributed by atoms with Gasteiger partial charge in [-0.25, -0.2) is 0 Å². The molecule has 22 heavy (non-hydrogen) atoms. The van der Waals surface area contributed by atoms with E-state index in [2.05, 4.69) is 5.32 Å².